The van der Waals surface area contributed by atoms with Crippen molar-refractivity contribution in [2.75, 3.05) is 44.4 Å². The van der Waals surface area contributed by atoms with Gasteiger partial charge in [-0.25, -0.2) is 4.90 Å². The van der Waals surface area contributed by atoms with E-state index >= 15 is 0 Å². The molecule has 0 fully saturated rings. The molecule has 0 amide bonds. The number of nitrogens with two attached hydrogens (primary N) is 2. The molecular weight excluding hydrogens is 244 g/mol. The lowest BCUT2D eigenvalue weighted by molar-refractivity contribution is -0.354. The number of aromatic nitrogens is 3. The molecule has 0 unspecified atom stereocenters. The number of anilines is 3. The maximum Gasteiger partial charge on any atom is 0.380 e. The first-order valence-corrected chi connectivity index (χ1v) is 4.84. The monoisotopic (exact) mass is 260 g/mol. The third-order valence-corrected chi connectivity index (χ3v) is 2.15. The van der Waals surface area contributed by atoms with Crippen molar-refractivity contribution in [3.8, 4) is 0 Å². The quantitative estimate of drug-likeness (QED) is 0.508. The van der Waals surface area contributed by atoms with Crippen LogP contribution in [0.25, 0.3) is 0 Å². The number of methoxy groups -OCH3 is 3. The Morgan fingerprint density at radius 2 is 1.50 bits per heavy atom. The molecule has 0 spiro atoms. The molecule has 0 radical (unpaired) electrons. The van der Waals surface area contributed by atoms with Crippen LogP contribution < -0.4 is 16.4 Å². The van der Waals surface area contributed by atoms with Crippen LogP contribution >= 0.6 is 0 Å². The highest BCUT2D eigenvalue weighted by atomic mass is 16.9. The highest BCUT2D eigenvalue weighted by Gasteiger charge is 2.40. The molecule has 1 aromatic rings. The van der Waals surface area contributed by atoms with Crippen LogP contribution in [-0.2, 0) is 14.2 Å². The van der Waals surface area contributed by atoms with Crippen molar-refractivity contribution in [1.29, 1.82) is 0 Å². The van der Waals surface area contributed by atoms with E-state index in [-0.39, 0.29) is 17.8 Å². The third kappa shape index (κ3) is 2.56. The summed E-state index contributed by atoms with van der Waals surface area (Å²) in [6, 6.07) is 0. The Kier molecular flexibility index (Phi) is 4.55. The molecule has 0 aliphatic heterocycles. The maximum absolute atomic E-state index is 9.39. The Morgan fingerprint density at radius 3 is 1.83 bits per heavy atom. The summed E-state index contributed by atoms with van der Waals surface area (Å²) in [7, 11) is 3.97. The summed E-state index contributed by atoms with van der Waals surface area (Å²) in [6.45, 7) is -0.557. The molecule has 18 heavy (non-hydrogen) atoms. The number of hydrogen-bond acceptors (Lipinski definition) is 10. The number of rotatable bonds is 6. The van der Waals surface area contributed by atoms with Crippen LogP contribution in [0, 0.1) is 0 Å². The smallest absolute Gasteiger partial charge is 0.376 e. The van der Waals surface area contributed by atoms with Crippen molar-refractivity contribution in [3.63, 3.8) is 0 Å². The number of aliphatic hydroxyl groups excluding tert-OH is 1. The van der Waals surface area contributed by atoms with E-state index in [4.69, 9.17) is 25.7 Å². The van der Waals surface area contributed by atoms with Gasteiger partial charge in [-0.2, -0.15) is 15.0 Å². The van der Waals surface area contributed by atoms with Crippen molar-refractivity contribution >= 4 is 17.8 Å². The van der Waals surface area contributed by atoms with Gasteiger partial charge in [0, 0.05) is 21.3 Å². The molecule has 0 bridgehead atoms. The van der Waals surface area contributed by atoms with Gasteiger partial charge in [0.25, 0.3) is 0 Å². The van der Waals surface area contributed by atoms with Gasteiger partial charge >= 0.3 is 6.10 Å². The first-order valence-electron chi connectivity index (χ1n) is 4.84. The molecule has 0 aliphatic rings. The average molecular weight is 260 g/mol. The summed E-state index contributed by atoms with van der Waals surface area (Å²) in [4.78, 5) is 12.3. The lowest BCUT2D eigenvalue weighted by Crippen LogP contribution is -2.55. The SMILES string of the molecule is COC(OC)(OC)N(CO)c1nc(N)nc(N)n1. The second-order valence-corrected chi connectivity index (χ2v) is 3.06. The molecule has 5 N–H and O–H groups in total. The summed E-state index contributed by atoms with van der Waals surface area (Å²) in [5, 5.41) is 9.39. The predicted molar refractivity (Wildman–Crippen MR) is 62.0 cm³/mol. The number of aliphatic hydroxyl groups is 1. The molecule has 0 saturated carbocycles. The molecule has 10 nitrogen and oxygen atoms in total. The van der Waals surface area contributed by atoms with E-state index in [9.17, 15) is 5.11 Å². The molecule has 0 aliphatic carbocycles. The minimum absolute atomic E-state index is 0.0481. The Bertz CT molecular complexity index is 371. The topological polar surface area (TPSA) is 142 Å². The van der Waals surface area contributed by atoms with Crippen LogP contribution in [0.4, 0.5) is 17.8 Å². The second-order valence-electron chi connectivity index (χ2n) is 3.06. The van der Waals surface area contributed by atoms with Gasteiger partial charge in [-0.15, -0.1) is 0 Å². The Morgan fingerprint density at radius 1 is 1.06 bits per heavy atom. The second kappa shape index (κ2) is 5.73. The molecule has 102 valence electrons. The fraction of sp³-hybridized carbons (Fsp3) is 0.625. The minimum Gasteiger partial charge on any atom is -0.376 e. The van der Waals surface area contributed by atoms with E-state index in [1.165, 1.54) is 21.3 Å². The largest absolute Gasteiger partial charge is 0.380 e. The molecule has 0 atom stereocenters. The van der Waals surface area contributed by atoms with Gasteiger partial charge in [-0.3, -0.25) is 0 Å². The van der Waals surface area contributed by atoms with E-state index in [0.717, 1.165) is 4.90 Å². The third-order valence-electron chi connectivity index (χ3n) is 2.15. The lowest BCUT2D eigenvalue weighted by atomic mass is 10.6. The number of hydrogen-bond donors (Lipinski definition) is 3. The van der Waals surface area contributed by atoms with Crippen molar-refractivity contribution in [1.82, 2.24) is 15.0 Å². The summed E-state index contributed by atoms with van der Waals surface area (Å²) in [5.41, 5.74) is 10.9. The van der Waals surface area contributed by atoms with E-state index in [1.807, 2.05) is 0 Å². The maximum atomic E-state index is 9.39. The predicted octanol–water partition coefficient (Wildman–Crippen LogP) is -1.66. The van der Waals surface area contributed by atoms with Crippen LogP contribution in [0.3, 0.4) is 0 Å². The summed E-state index contributed by atoms with van der Waals surface area (Å²) >= 11 is 0. The zero-order valence-corrected chi connectivity index (χ0v) is 10.3. The lowest BCUT2D eigenvalue weighted by Gasteiger charge is -2.37. The van der Waals surface area contributed by atoms with E-state index in [2.05, 4.69) is 15.0 Å². The van der Waals surface area contributed by atoms with Gasteiger partial charge in [-0.1, -0.05) is 0 Å². The number of ether oxygens (including phenoxy) is 3. The van der Waals surface area contributed by atoms with E-state index < -0.39 is 12.8 Å². The minimum atomic E-state index is -1.70. The Hall–Kier alpha value is -1.75. The highest BCUT2D eigenvalue weighted by Crippen LogP contribution is 2.23. The Balaban J connectivity index is 3.22. The molecule has 0 aromatic carbocycles. The fourth-order valence-electron chi connectivity index (χ4n) is 1.37. The number of nitrogens with zero attached hydrogens (tertiary/aromatic N) is 4. The first kappa shape index (κ1) is 14.3. The van der Waals surface area contributed by atoms with Crippen molar-refractivity contribution in [2.45, 2.75) is 6.10 Å². The van der Waals surface area contributed by atoms with Crippen molar-refractivity contribution < 1.29 is 19.3 Å². The van der Waals surface area contributed by atoms with Crippen molar-refractivity contribution in [2.24, 2.45) is 0 Å². The van der Waals surface area contributed by atoms with E-state index in [0.29, 0.717) is 0 Å². The normalized spacial score (nSPS) is 11.6. The average Bonchev–Trinajstić information content (AvgIpc) is 2.35. The first-order chi connectivity index (χ1) is 8.52. The van der Waals surface area contributed by atoms with Crippen LogP contribution in [-0.4, -0.2) is 54.2 Å². The van der Waals surface area contributed by atoms with Gasteiger partial charge < -0.3 is 30.8 Å². The van der Waals surface area contributed by atoms with Gasteiger partial charge in [-0.05, 0) is 0 Å². The molecule has 0 saturated heterocycles. The summed E-state index contributed by atoms with van der Waals surface area (Å²) in [6.07, 6.45) is -1.70. The summed E-state index contributed by atoms with van der Waals surface area (Å²) in [5.74, 6) is -0.255. The Labute approximate surface area is 103 Å². The molecule has 1 heterocycles. The molecule has 1 rings (SSSR count). The standard InChI is InChI=1S/C8H16N6O4/c1-16-8(17-2,18-3)14(4-15)7-12-5(9)11-6(10)13-7/h15H,4H2,1-3H3,(H4,9,10,11,12,13). The zero-order valence-electron chi connectivity index (χ0n) is 10.3. The summed E-state index contributed by atoms with van der Waals surface area (Å²) < 4.78 is 15.2. The van der Waals surface area contributed by atoms with Crippen LogP contribution in [0.5, 0.6) is 0 Å². The molecule has 1 aromatic heterocycles. The van der Waals surface area contributed by atoms with Gasteiger partial charge in [0.1, 0.15) is 6.73 Å². The zero-order chi connectivity index (χ0) is 13.8. The number of nitrogen functional groups attached to an aromatic ring is 2. The van der Waals surface area contributed by atoms with Crippen LogP contribution in [0.1, 0.15) is 0 Å². The van der Waals surface area contributed by atoms with Crippen LogP contribution in [0.15, 0.2) is 0 Å². The van der Waals surface area contributed by atoms with Gasteiger partial charge in [0.15, 0.2) is 0 Å². The molecule has 10 heteroatoms. The molecular formula is C8H16N6O4. The van der Waals surface area contributed by atoms with Gasteiger partial charge in [0.05, 0.1) is 0 Å². The van der Waals surface area contributed by atoms with Crippen LogP contribution in [0.2, 0.25) is 0 Å². The van der Waals surface area contributed by atoms with E-state index in [1.54, 1.807) is 0 Å². The van der Waals surface area contributed by atoms with Gasteiger partial charge in [0.2, 0.25) is 17.8 Å². The van der Waals surface area contributed by atoms with Crippen molar-refractivity contribution in [3.05, 3.63) is 0 Å². The fourth-order valence-corrected chi connectivity index (χ4v) is 1.37. The highest BCUT2D eigenvalue weighted by molar-refractivity contribution is 5.40.